The van der Waals surface area contributed by atoms with E-state index in [1.54, 1.807) is 6.26 Å². The van der Waals surface area contributed by atoms with E-state index >= 15 is 0 Å². The number of furan rings is 1. The largest absolute Gasteiger partial charge is 0.468 e. The maximum absolute atomic E-state index is 5.45. The predicted octanol–water partition coefficient (Wildman–Crippen LogP) is 4.64. The molecule has 102 valence electrons. The van der Waals surface area contributed by atoms with Gasteiger partial charge in [0, 0.05) is 6.04 Å². The molecule has 0 aliphatic carbocycles. The van der Waals surface area contributed by atoms with Crippen molar-refractivity contribution in [2.75, 3.05) is 0 Å². The molecule has 2 nitrogen and oxygen atoms in total. The van der Waals surface area contributed by atoms with Gasteiger partial charge in [-0.05, 0) is 43.0 Å². The van der Waals surface area contributed by atoms with Crippen molar-refractivity contribution in [3.8, 4) is 0 Å². The summed E-state index contributed by atoms with van der Waals surface area (Å²) in [4.78, 5) is 0. The number of nitrogens with one attached hydrogen (secondary N) is 1. The maximum Gasteiger partial charge on any atom is 0.120 e. The Morgan fingerprint density at radius 3 is 2.37 bits per heavy atom. The lowest BCUT2D eigenvalue weighted by molar-refractivity contribution is 0.387. The van der Waals surface area contributed by atoms with Crippen molar-refractivity contribution in [1.29, 1.82) is 0 Å². The van der Waals surface area contributed by atoms with Crippen molar-refractivity contribution >= 4 is 0 Å². The van der Waals surface area contributed by atoms with E-state index in [0.717, 1.165) is 18.6 Å². The average molecular weight is 257 g/mol. The third-order valence-corrected chi connectivity index (χ3v) is 3.62. The van der Waals surface area contributed by atoms with Crippen molar-refractivity contribution in [3.63, 3.8) is 0 Å². The van der Waals surface area contributed by atoms with Gasteiger partial charge in [0.1, 0.15) is 5.76 Å². The maximum atomic E-state index is 5.45. The molecule has 0 saturated carbocycles. The van der Waals surface area contributed by atoms with Crippen LogP contribution in [-0.2, 0) is 6.42 Å². The van der Waals surface area contributed by atoms with Gasteiger partial charge in [-0.25, -0.2) is 0 Å². The van der Waals surface area contributed by atoms with Crippen molar-refractivity contribution in [3.05, 3.63) is 59.5 Å². The molecule has 19 heavy (non-hydrogen) atoms. The van der Waals surface area contributed by atoms with Gasteiger partial charge in [-0.2, -0.15) is 0 Å². The van der Waals surface area contributed by atoms with E-state index in [0.29, 0.717) is 6.04 Å². The Morgan fingerprint density at radius 2 is 1.84 bits per heavy atom. The Kier molecular flexibility index (Phi) is 4.80. The molecule has 0 saturated heterocycles. The van der Waals surface area contributed by atoms with Crippen molar-refractivity contribution in [1.82, 2.24) is 5.32 Å². The van der Waals surface area contributed by atoms with Crippen LogP contribution in [-0.4, -0.2) is 0 Å². The summed E-state index contributed by atoms with van der Waals surface area (Å²) in [5.74, 6) is 0.989. The number of hydrogen-bond donors (Lipinski definition) is 1. The van der Waals surface area contributed by atoms with Gasteiger partial charge in [0.05, 0.1) is 12.3 Å². The molecule has 0 bridgehead atoms. The summed E-state index contributed by atoms with van der Waals surface area (Å²) < 4.78 is 5.45. The summed E-state index contributed by atoms with van der Waals surface area (Å²) in [6, 6.07) is 13.4. The summed E-state index contributed by atoms with van der Waals surface area (Å²) in [7, 11) is 0. The topological polar surface area (TPSA) is 25.2 Å². The molecule has 2 atom stereocenters. The van der Waals surface area contributed by atoms with E-state index in [9.17, 15) is 0 Å². The first kappa shape index (κ1) is 13.9. The van der Waals surface area contributed by atoms with Crippen LogP contribution in [0.1, 0.15) is 56.2 Å². The van der Waals surface area contributed by atoms with E-state index in [4.69, 9.17) is 4.42 Å². The van der Waals surface area contributed by atoms with Gasteiger partial charge in [-0.15, -0.1) is 0 Å². The van der Waals surface area contributed by atoms with Crippen LogP contribution >= 0.6 is 0 Å². The molecule has 1 N–H and O–H groups in total. The first-order chi connectivity index (χ1) is 9.24. The third-order valence-electron chi connectivity index (χ3n) is 3.62. The molecule has 0 aliphatic rings. The van der Waals surface area contributed by atoms with E-state index in [1.165, 1.54) is 11.1 Å². The number of aryl methyl sites for hydroxylation is 1. The minimum atomic E-state index is 0.228. The monoisotopic (exact) mass is 257 g/mol. The van der Waals surface area contributed by atoms with Crippen molar-refractivity contribution in [2.24, 2.45) is 0 Å². The number of hydrogen-bond acceptors (Lipinski definition) is 2. The summed E-state index contributed by atoms with van der Waals surface area (Å²) in [5, 5.41) is 3.63. The molecule has 0 fully saturated rings. The van der Waals surface area contributed by atoms with E-state index < -0.39 is 0 Å². The lowest BCUT2D eigenvalue weighted by Crippen LogP contribution is -2.23. The lowest BCUT2D eigenvalue weighted by atomic mass is 10.0. The van der Waals surface area contributed by atoms with Crippen LogP contribution < -0.4 is 5.32 Å². The summed E-state index contributed by atoms with van der Waals surface area (Å²) in [6.07, 6.45) is 3.88. The number of rotatable bonds is 6. The molecule has 1 heterocycles. The summed E-state index contributed by atoms with van der Waals surface area (Å²) >= 11 is 0. The molecular weight excluding hydrogens is 234 g/mol. The van der Waals surface area contributed by atoms with E-state index in [2.05, 4.69) is 50.4 Å². The first-order valence-electron chi connectivity index (χ1n) is 7.12. The second-order valence-electron chi connectivity index (χ2n) is 4.96. The highest BCUT2D eigenvalue weighted by Crippen LogP contribution is 2.22. The van der Waals surface area contributed by atoms with Crippen LogP contribution in [0.2, 0.25) is 0 Å². The van der Waals surface area contributed by atoms with Gasteiger partial charge < -0.3 is 9.73 Å². The van der Waals surface area contributed by atoms with Crippen LogP contribution in [0.5, 0.6) is 0 Å². The molecule has 0 aliphatic heterocycles. The fourth-order valence-electron chi connectivity index (χ4n) is 2.36. The predicted molar refractivity (Wildman–Crippen MR) is 79.1 cm³/mol. The SMILES string of the molecule is CCc1ccc(C(CC)N[C@H](C)c2ccco2)cc1. The molecule has 0 amide bonds. The standard InChI is InChI=1S/C17H23NO/c1-4-14-8-10-15(11-9-14)16(5-2)18-13(3)17-7-6-12-19-17/h6-13,16,18H,4-5H2,1-3H3/t13-,16?/m1/s1. The summed E-state index contributed by atoms with van der Waals surface area (Å²) in [5.41, 5.74) is 2.73. The summed E-state index contributed by atoms with van der Waals surface area (Å²) in [6.45, 7) is 6.53. The highest BCUT2D eigenvalue weighted by molar-refractivity contribution is 5.25. The number of benzene rings is 1. The Bertz CT molecular complexity index is 472. The zero-order valence-electron chi connectivity index (χ0n) is 12.0. The van der Waals surface area contributed by atoms with Crippen molar-refractivity contribution in [2.45, 2.75) is 45.7 Å². The Balaban J connectivity index is 2.06. The Hall–Kier alpha value is -1.54. The van der Waals surface area contributed by atoms with Gasteiger partial charge >= 0.3 is 0 Å². The van der Waals surface area contributed by atoms with Crippen LogP contribution in [0.3, 0.4) is 0 Å². The average Bonchev–Trinajstić information content (AvgIpc) is 2.99. The zero-order valence-corrected chi connectivity index (χ0v) is 12.0. The van der Waals surface area contributed by atoms with Crippen LogP contribution in [0, 0.1) is 0 Å². The van der Waals surface area contributed by atoms with Gasteiger partial charge in [0.25, 0.3) is 0 Å². The highest BCUT2D eigenvalue weighted by atomic mass is 16.3. The molecule has 1 aromatic heterocycles. The molecule has 0 radical (unpaired) electrons. The second kappa shape index (κ2) is 6.58. The third kappa shape index (κ3) is 3.48. The fourth-order valence-corrected chi connectivity index (χ4v) is 2.36. The minimum absolute atomic E-state index is 0.228. The lowest BCUT2D eigenvalue weighted by Gasteiger charge is -2.21. The minimum Gasteiger partial charge on any atom is -0.468 e. The molecule has 2 rings (SSSR count). The van der Waals surface area contributed by atoms with Crippen LogP contribution in [0.15, 0.2) is 47.1 Å². The molecule has 2 aromatic rings. The molecule has 2 heteroatoms. The van der Waals surface area contributed by atoms with Crippen molar-refractivity contribution < 1.29 is 4.42 Å². The van der Waals surface area contributed by atoms with Crippen LogP contribution in [0.4, 0.5) is 0 Å². The van der Waals surface area contributed by atoms with Crippen LogP contribution in [0.25, 0.3) is 0 Å². The van der Waals surface area contributed by atoms with Gasteiger partial charge in [-0.1, -0.05) is 38.1 Å². The van der Waals surface area contributed by atoms with Gasteiger partial charge in [0.15, 0.2) is 0 Å². The molecular formula is C17H23NO. The smallest absolute Gasteiger partial charge is 0.120 e. The highest BCUT2D eigenvalue weighted by Gasteiger charge is 2.15. The second-order valence-corrected chi connectivity index (χ2v) is 4.96. The molecule has 1 aromatic carbocycles. The molecule has 0 spiro atoms. The van der Waals surface area contributed by atoms with E-state index in [-0.39, 0.29) is 6.04 Å². The van der Waals surface area contributed by atoms with Gasteiger partial charge in [0.2, 0.25) is 0 Å². The van der Waals surface area contributed by atoms with E-state index in [1.807, 2.05) is 12.1 Å². The van der Waals surface area contributed by atoms with Gasteiger partial charge in [-0.3, -0.25) is 0 Å². The Morgan fingerprint density at radius 1 is 1.11 bits per heavy atom. The normalized spacial score (nSPS) is 14.3. The fraction of sp³-hybridized carbons (Fsp3) is 0.412. The zero-order chi connectivity index (χ0) is 13.7. The Labute approximate surface area is 115 Å². The first-order valence-corrected chi connectivity index (χ1v) is 7.12. The molecule has 1 unspecified atom stereocenters. The quantitative estimate of drug-likeness (QED) is 0.815.